The number of ketones is 1. The fourth-order valence-electron chi connectivity index (χ4n) is 3.37. The summed E-state index contributed by atoms with van der Waals surface area (Å²) in [7, 11) is 0. The van der Waals surface area contributed by atoms with E-state index in [1.165, 1.54) is 0 Å². The first kappa shape index (κ1) is 26.5. The summed E-state index contributed by atoms with van der Waals surface area (Å²) in [5.74, 6) is -20.5. The van der Waals surface area contributed by atoms with Crippen LogP contribution < -0.4 is 0 Å². The van der Waals surface area contributed by atoms with Gasteiger partial charge in [0.25, 0.3) is 0 Å². The van der Waals surface area contributed by atoms with Gasteiger partial charge in [-0.15, -0.1) is 0 Å². The number of carboxylic acid groups (broad SMARTS) is 2. The van der Waals surface area contributed by atoms with Crippen molar-refractivity contribution in [3.63, 3.8) is 0 Å². The first-order chi connectivity index (χ1) is 11.2. The normalized spacial score (nSPS) is 28.4. The van der Waals surface area contributed by atoms with Gasteiger partial charge < -0.3 is 10.2 Å². The summed E-state index contributed by atoms with van der Waals surface area (Å²) in [6.45, 7) is 2.44. The molecule has 0 radical (unpaired) electrons. The fourth-order valence-corrected chi connectivity index (χ4v) is 3.37. The molecular weight excluding hydrogens is 522 g/mol. The zero-order chi connectivity index (χ0) is 21.1. The molecule has 5 nitrogen and oxygen atoms in total. The van der Waals surface area contributed by atoms with Crippen molar-refractivity contribution in [1.82, 2.24) is 0 Å². The molecule has 0 saturated heterocycles. The molecule has 1 saturated carbocycles. The van der Waals surface area contributed by atoms with E-state index < -0.39 is 64.8 Å². The zero-order valence-electron chi connectivity index (χ0n) is 14.3. The van der Waals surface area contributed by atoms with Crippen LogP contribution in [-0.2, 0) is 14.4 Å². The smallest absolute Gasteiger partial charge is 0.481 e. The van der Waals surface area contributed by atoms with Crippen LogP contribution in [0.3, 0.4) is 0 Å². The Morgan fingerprint density at radius 1 is 0.815 bits per heavy atom. The van der Waals surface area contributed by atoms with Gasteiger partial charge in [-0.2, -0.15) is 30.7 Å². The molecule has 1 fully saturated rings. The molecule has 0 spiro atoms. The van der Waals surface area contributed by atoms with Crippen molar-refractivity contribution in [1.29, 1.82) is 0 Å². The molecule has 1 aliphatic carbocycles. The van der Waals surface area contributed by atoms with E-state index >= 15 is 0 Å². The number of aliphatic carboxylic acids is 2. The van der Waals surface area contributed by atoms with Crippen molar-refractivity contribution >= 4 is 17.7 Å². The maximum atomic E-state index is 13.9. The van der Waals surface area contributed by atoms with E-state index in [2.05, 4.69) is 0 Å². The third kappa shape index (κ3) is 3.18. The quantitative estimate of drug-likeness (QED) is 0.415. The Hall–Kier alpha value is -0.516. The third-order valence-corrected chi connectivity index (χ3v) is 5.71. The Labute approximate surface area is 181 Å². The maximum absolute atomic E-state index is 13.9. The van der Waals surface area contributed by atoms with Gasteiger partial charge in [-0.1, -0.05) is 13.8 Å². The Morgan fingerprint density at radius 2 is 1.22 bits per heavy atom. The molecule has 0 bridgehead atoms. The van der Waals surface area contributed by atoms with E-state index in [1.54, 1.807) is 0 Å². The van der Waals surface area contributed by atoms with Crippen LogP contribution in [0.15, 0.2) is 0 Å². The van der Waals surface area contributed by atoms with E-state index in [0.717, 1.165) is 20.8 Å². The third-order valence-electron chi connectivity index (χ3n) is 5.71. The first-order valence-electron chi connectivity index (χ1n) is 7.09. The van der Waals surface area contributed by atoms with Crippen molar-refractivity contribution in [3.8, 4) is 0 Å². The molecule has 1 aliphatic rings. The van der Waals surface area contributed by atoms with Gasteiger partial charge in [-0.25, -0.2) is 0 Å². The van der Waals surface area contributed by atoms with Crippen LogP contribution in [0.25, 0.3) is 0 Å². The minimum Gasteiger partial charge on any atom is -0.481 e. The molecule has 27 heavy (non-hydrogen) atoms. The van der Waals surface area contributed by atoms with Gasteiger partial charge in [-0.05, 0) is 19.8 Å². The summed E-state index contributed by atoms with van der Waals surface area (Å²) in [6.07, 6.45) is -8.66. The van der Waals surface area contributed by atoms with E-state index in [4.69, 9.17) is 0 Å². The molecular formula is C14H15F7O5Pr+3. The predicted octanol–water partition coefficient (Wildman–Crippen LogP) is 3.37. The number of hydrogen-bond acceptors (Lipinski definition) is 3. The minimum absolute atomic E-state index is 0. The topological polar surface area (TPSA) is 91.7 Å². The monoisotopic (exact) mass is 537 g/mol. The van der Waals surface area contributed by atoms with Gasteiger partial charge in [0, 0.05) is 5.41 Å². The van der Waals surface area contributed by atoms with Crippen molar-refractivity contribution in [2.24, 2.45) is 16.2 Å². The van der Waals surface area contributed by atoms with Crippen LogP contribution in [-0.4, -0.2) is 46.0 Å². The van der Waals surface area contributed by atoms with E-state index in [1.807, 2.05) is 0 Å². The number of Topliss-reactive ketones (excluding diaryl/α,β-unsaturated/α-hetero) is 1. The first-order valence-corrected chi connectivity index (χ1v) is 7.09. The van der Waals surface area contributed by atoms with Crippen LogP contribution >= 0.6 is 0 Å². The summed E-state index contributed by atoms with van der Waals surface area (Å²) < 4.78 is 91.4. The number of rotatable bonds is 5. The van der Waals surface area contributed by atoms with Crippen molar-refractivity contribution in [2.75, 3.05) is 0 Å². The Kier molecular flexibility index (Phi) is 6.93. The summed E-state index contributed by atoms with van der Waals surface area (Å²) in [5.41, 5.74) is -8.00. The van der Waals surface area contributed by atoms with Crippen molar-refractivity contribution < 1.29 is 96.6 Å². The van der Waals surface area contributed by atoms with Gasteiger partial charge >= 0.3 is 71.3 Å². The largest absolute Gasteiger partial charge is 3.00 e. The number of carbonyl (C=O) groups excluding carboxylic acids is 1. The Morgan fingerprint density at radius 3 is 1.48 bits per heavy atom. The summed E-state index contributed by atoms with van der Waals surface area (Å²) in [5, 5.41) is 18.6. The van der Waals surface area contributed by atoms with Crippen molar-refractivity contribution in [2.45, 2.75) is 51.6 Å². The van der Waals surface area contributed by atoms with Crippen LogP contribution in [0.1, 0.15) is 33.6 Å². The average molecular weight is 537 g/mol. The molecule has 150 valence electrons. The molecule has 0 aromatic heterocycles. The molecule has 0 aliphatic heterocycles. The van der Waals surface area contributed by atoms with E-state index in [0.29, 0.717) is 0 Å². The standard InChI is InChI=1S/C14H15F7O5.Pr/c1-9(2)10(3,7(23)24)4-5-11(9,8(25)26)6(22)12(15,16)13(17,18)14(19,20)21;/h4-5H2,1-3H3,(H,23,24)(H,25,26);/q;+3/t10-,11-;/m0./s1. The minimum atomic E-state index is -6.84. The summed E-state index contributed by atoms with van der Waals surface area (Å²) in [6, 6.07) is 0. The fraction of sp³-hybridized carbons (Fsp3) is 0.786. The van der Waals surface area contributed by atoms with Crippen LogP contribution in [0, 0.1) is 57.5 Å². The van der Waals surface area contributed by atoms with Gasteiger partial charge in [0.05, 0.1) is 5.41 Å². The zero-order valence-corrected chi connectivity index (χ0v) is 18.0. The second-order valence-corrected chi connectivity index (χ2v) is 6.95. The average Bonchev–Trinajstić information content (AvgIpc) is 2.66. The van der Waals surface area contributed by atoms with Crippen LogP contribution in [0.2, 0.25) is 0 Å². The molecule has 2 N–H and O–H groups in total. The molecule has 1 rings (SSSR count). The maximum Gasteiger partial charge on any atom is 3.00 e. The van der Waals surface area contributed by atoms with Crippen LogP contribution in [0.5, 0.6) is 0 Å². The molecule has 2 atom stereocenters. The molecule has 0 unspecified atom stereocenters. The summed E-state index contributed by atoms with van der Waals surface area (Å²) >= 11 is 0. The second-order valence-electron chi connectivity index (χ2n) is 6.95. The molecule has 0 aromatic carbocycles. The number of hydrogen-bond donors (Lipinski definition) is 2. The number of carbonyl (C=O) groups is 3. The van der Waals surface area contributed by atoms with E-state index in [9.17, 15) is 55.3 Å². The molecule has 0 amide bonds. The van der Waals surface area contributed by atoms with Gasteiger partial charge in [0.2, 0.25) is 5.78 Å². The molecule has 0 aromatic rings. The Balaban J connectivity index is 0.00000676. The second kappa shape index (κ2) is 7.07. The SMILES string of the molecule is CC1(C)[C@](C(=O)O)(C(=O)C(F)(F)C(F)(F)C(F)(F)F)CC[C@@]1(C)C(=O)O.[Pr+3]. The Bertz CT molecular complexity index is 661. The van der Waals surface area contributed by atoms with Gasteiger partial charge in [0.1, 0.15) is 5.41 Å². The molecule has 13 heteroatoms. The van der Waals surface area contributed by atoms with Crippen molar-refractivity contribution in [3.05, 3.63) is 0 Å². The molecule has 0 heterocycles. The number of carboxylic acids is 2. The summed E-state index contributed by atoms with van der Waals surface area (Å²) in [4.78, 5) is 35.2. The van der Waals surface area contributed by atoms with Gasteiger partial charge in [-0.3, -0.25) is 14.4 Å². The predicted molar refractivity (Wildman–Crippen MR) is 69.8 cm³/mol. The van der Waals surface area contributed by atoms with E-state index in [-0.39, 0.29) is 41.3 Å². The number of alkyl halides is 7. The number of halogens is 7. The van der Waals surface area contributed by atoms with Gasteiger partial charge in [0.15, 0.2) is 0 Å². The van der Waals surface area contributed by atoms with Crippen LogP contribution in [0.4, 0.5) is 30.7 Å².